The Bertz CT molecular complexity index is 1320. The van der Waals surface area contributed by atoms with Crippen molar-refractivity contribution in [2.75, 3.05) is 6.61 Å². The number of thioether (sulfide) groups is 1. The van der Waals surface area contributed by atoms with Crippen LogP contribution in [0, 0.1) is 5.82 Å². The molecule has 0 atom stereocenters. The number of carbonyl (C=O) groups excluding carboxylic acids is 2. The molecular weight excluding hydrogens is 557 g/mol. The number of ether oxygens (including phenoxy) is 2. The van der Waals surface area contributed by atoms with Crippen molar-refractivity contribution >= 4 is 56.5 Å². The van der Waals surface area contributed by atoms with Crippen LogP contribution in [0.1, 0.15) is 23.6 Å². The largest absolute Gasteiger partial charge is 0.490 e. The lowest BCUT2D eigenvalue weighted by molar-refractivity contribution is -0.123. The third-order valence-electron chi connectivity index (χ3n) is 5.12. The van der Waals surface area contributed by atoms with Crippen LogP contribution in [0.3, 0.4) is 0 Å². The van der Waals surface area contributed by atoms with Crippen molar-refractivity contribution < 1.29 is 23.5 Å². The Morgan fingerprint density at radius 1 is 1.06 bits per heavy atom. The maximum absolute atomic E-state index is 14.0. The molecule has 1 aliphatic heterocycles. The number of rotatable bonds is 8. The van der Waals surface area contributed by atoms with Gasteiger partial charge in [-0.25, -0.2) is 4.39 Å². The molecule has 0 radical (unpaired) electrons. The second-order valence-electron chi connectivity index (χ2n) is 7.50. The van der Waals surface area contributed by atoms with E-state index in [1.807, 2.05) is 25.1 Å². The fraction of sp³-hybridized carbons (Fsp3) is 0.154. The summed E-state index contributed by atoms with van der Waals surface area (Å²) < 4.78 is 26.4. The highest BCUT2D eigenvalue weighted by molar-refractivity contribution is 9.10. The highest BCUT2D eigenvalue weighted by Crippen LogP contribution is 2.40. The van der Waals surface area contributed by atoms with E-state index in [0.29, 0.717) is 33.2 Å². The molecule has 1 saturated heterocycles. The molecule has 4 rings (SSSR count). The maximum atomic E-state index is 14.0. The van der Waals surface area contributed by atoms with E-state index in [-0.39, 0.29) is 23.6 Å². The van der Waals surface area contributed by atoms with Crippen molar-refractivity contribution in [3.05, 3.63) is 97.6 Å². The molecule has 5 nitrogen and oxygen atoms in total. The van der Waals surface area contributed by atoms with Gasteiger partial charge in [0.2, 0.25) is 0 Å². The Hall–Kier alpha value is -2.81. The van der Waals surface area contributed by atoms with Crippen molar-refractivity contribution in [2.24, 2.45) is 0 Å². The van der Waals surface area contributed by atoms with Crippen LogP contribution in [-0.4, -0.2) is 22.7 Å². The number of imide groups is 1. The number of hydrogen-bond acceptors (Lipinski definition) is 5. The summed E-state index contributed by atoms with van der Waals surface area (Å²) in [6.07, 6.45) is 1.61. The van der Waals surface area contributed by atoms with Crippen molar-refractivity contribution in [3.8, 4) is 11.5 Å². The molecule has 180 valence electrons. The lowest BCUT2D eigenvalue weighted by Gasteiger charge is -2.15. The van der Waals surface area contributed by atoms with E-state index >= 15 is 0 Å². The number of amides is 2. The van der Waals surface area contributed by atoms with Gasteiger partial charge in [-0.05, 0) is 70.5 Å². The summed E-state index contributed by atoms with van der Waals surface area (Å²) in [5.41, 5.74) is 1.75. The maximum Gasteiger partial charge on any atom is 0.293 e. The van der Waals surface area contributed by atoms with Crippen molar-refractivity contribution in [1.82, 2.24) is 4.90 Å². The molecule has 35 heavy (non-hydrogen) atoms. The first kappa shape index (κ1) is 25.3. The summed E-state index contributed by atoms with van der Waals surface area (Å²) >= 11 is 10.6. The van der Waals surface area contributed by atoms with E-state index in [4.69, 9.17) is 21.1 Å². The molecule has 3 aromatic carbocycles. The Balaban J connectivity index is 1.57. The second-order valence-corrected chi connectivity index (χ2v) is 9.76. The molecule has 9 heteroatoms. The Kier molecular flexibility index (Phi) is 8.15. The van der Waals surface area contributed by atoms with Crippen LogP contribution in [0.5, 0.6) is 11.5 Å². The van der Waals surface area contributed by atoms with Gasteiger partial charge in [-0.15, -0.1) is 0 Å². The normalized spacial score (nSPS) is 14.6. The van der Waals surface area contributed by atoms with Crippen LogP contribution >= 0.6 is 39.3 Å². The van der Waals surface area contributed by atoms with Crippen molar-refractivity contribution in [2.45, 2.75) is 20.1 Å². The first-order valence-electron chi connectivity index (χ1n) is 10.7. The fourth-order valence-electron chi connectivity index (χ4n) is 3.42. The molecule has 3 aromatic rings. The topological polar surface area (TPSA) is 55.8 Å². The van der Waals surface area contributed by atoms with Crippen LogP contribution in [0.2, 0.25) is 5.02 Å². The SMILES string of the molecule is CCOc1cc(/C=C2\SC(=O)N(Cc3ccccc3F)C2=O)cc(Br)c1OCc1ccccc1Cl. The highest BCUT2D eigenvalue weighted by atomic mass is 79.9. The van der Waals surface area contributed by atoms with E-state index in [2.05, 4.69) is 15.9 Å². The van der Waals surface area contributed by atoms with Gasteiger partial charge in [0.1, 0.15) is 12.4 Å². The summed E-state index contributed by atoms with van der Waals surface area (Å²) in [6.45, 7) is 2.37. The van der Waals surface area contributed by atoms with Crippen LogP contribution < -0.4 is 9.47 Å². The third-order valence-corrected chi connectivity index (χ3v) is 6.98. The lowest BCUT2D eigenvalue weighted by atomic mass is 10.1. The minimum atomic E-state index is -0.476. The fourth-order valence-corrected chi connectivity index (χ4v) is 5.03. The van der Waals surface area contributed by atoms with Crippen LogP contribution in [-0.2, 0) is 17.9 Å². The summed E-state index contributed by atoms with van der Waals surface area (Å²) in [4.78, 5) is 26.7. The monoisotopic (exact) mass is 575 g/mol. The minimum Gasteiger partial charge on any atom is -0.490 e. The number of benzene rings is 3. The quantitative estimate of drug-likeness (QED) is 0.261. The van der Waals surface area contributed by atoms with Gasteiger partial charge in [0.05, 0.1) is 22.5 Å². The zero-order chi connectivity index (χ0) is 24.9. The highest BCUT2D eigenvalue weighted by Gasteiger charge is 2.35. The average molecular weight is 577 g/mol. The lowest BCUT2D eigenvalue weighted by Crippen LogP contribution is -2.27. The van der Waals surface area contributed by atoms with Crippen molar-refractivity contribution in [1.29, 1.82) is 0 Å². The van der Waals surface area contributed by atoms with Gasteiger partial charge in [-0.2, -0.15) is 0 Å². The average Bonchev–Trinajstić information content (AvgIpc) is 3.08. The van der Waals surface area contributed by atoms with Gasteiger partial charge in [-0.1, -0.05) is 48.0 Å². The van der Waals surface area contributed by atoms with E-state index in [9.17, 15) is 14.0 Å². The Labute approximate surface area is 220 Å². The van der Waals surface area contributed by atoms with Crippen LogP contribution in [0.4, 0.5) is 9.18 Å². The van der Waals surface area contributed by atoms with E-state index < -0.39 is 17.0 Å². The smallest absolute Gasteiger partial charge is 0.293 e. The van der Waals surface area contributed by atoms with Gasteiger partial charge < -0.3 is 9.47 Å². The summed E-state index contributed by atoms with van der Waals surface area (Å²) in [7, 11) is 0. The molecule has 1 aliphatic rings. The molecule has 0 N–H and O–H groups in total. The minimum absolute atomic E-state index is 0.128. The van der Waals surface area contributed by atoms with Gasteiger partial charge in [0.25, 0.3) is 11.1 Å². The molecule has 0 unspecified atom stereocenters. The zero-order valence-electron chi connectivity index (χ0n) is 18.6. The molecule has 1 fully saturated rings. The molecule has 2 amide bonds. The molecule has 0 aromatic heterocycles. The number of carbonyl (C=O) groups is 2. The standard InChI is InChI=1S/C26H20BrClFNO4S/c1-2-33-22-12-16(11-19(27)24(22)34-15-18-8-3-5-9-20(18)28)13-23-25(31)30(26(32)35-23)14-17-7-4-6-10-21(17)29/h3-13H,2,14-15H2,1H3/b23-13-. The summed E-state index contributed by atoms with van der Waals surface area (Å²) in [6, 6.07) is 17.0. The van der Waals surface area contributed by atoms with Gasteiger partial charge in [0.15, 0.2) is 11.5 Å². The predicted octanol–water partition coefficient (Wildman–Crippen LogP) is 7.46. The summed E-state index contributed by atoms with van der Waals surface area (Å²) in [5.74, 6) is 0.0342. The Morgan fingerprint density at radius 3 is 2.49 bits per heavy atom. The molecule has 1 heterocycles. The number of halogens is 3. The summed E-state index contributed by atoms with van der Waals surface area (Å²) in [5, 5.41) is 0.151. The predicted molar refractivity (Wildman–Crippen MR) is 139 cm³/mol. The van der Waals surface area contributed by atoms with Gasteiger partial charge in [0, 0.05) is 16.1 Å². The first-order valence-corrected chi connectivity index (χ1v) is 12.7. The Morgan fingerprint density at radius 2 is 1.77 bits per heavy atom. The van der Waals surface area contributed by atoms with Gasteiger partial charge in [-0.3, -0.25) is 14.5 Å². The number of hydrogen-bond donors (Lipinski definition) is 0. The van der Waals surface area contributed by atoms with Gasteiger partial charge >= 0.3 is 0 Å². The van der Waals surface area contributed by atoms with E-state index in [1.165, 1.54) is 6.07 Å². The van der Waals surface area contributed by atoms with Crippen LogP contribution in [0.25, 0.3) is 6.08 Å². The number of nitrogens with zero attached hydrogens (tertiary/aromatic N) is 1. The molecule has 0 bridgehead atoms. The first-order chi connectivity index (χ1) is 16.9. The van der Waals surface area contributed by atoms with E-state index in [1.54, 1.807) is 42.5 Å². The third kappa shape index (κ3) is 5.89. The van der Waals surface area contributed by atoms with E-state index in [0.717, 1.165) is 22.2 Å². The second kappa shape index (κ2) is 11.3. The van der Waals surface area contributed by atoms with Crippen molar-refractivity contribution in [3.63, 3.8) is 0 Å². The molecular formula is C26H20BrClFNO4S. The molecule has 0 spiro atoms. The zero-order valence-corrected chi connectivity index (χ0v) is 21.8. The molecule has 0 saturated carbocycles. The molecule has 0 aliphatic carbocycles. The van der Waals surface area contributed by atoms with Crippen LogP contribution in [0.15, 0.2) is 70.0 Å².